The van der Waals surface area contributed by atoms with Crippen LogP contribution < -0.4 is 14.8 Å². The van der Waals surface area contributed by atoms with E-state index in [2.05, 4.69) is 20.0 Å². The average molecular weight is 372 g/mol. The van der Waals surface area contributed by atoms with Crippen LogP contribution in [0.1, 0.15) is 29.9 Å². The third-order valence-electron chi connectivity index (χ3n) is 4.79. The summed E-state index contributed by atoms with van der Waals surface area (Å²) in [6.07, 6.45) is 2.28. The van der Waals surface area contributed by atoms with Gasteiger partial charge in [0.25, 0.3) is 0 Å². The van der Waals surface area contributed by atoms with E-state index in [1.807, 2.05) is 18.2 Å². The number of aromatic nitrogens is 2. The fourth-order valence-corrected chi connectivity index (χ4v) is 3.42. The van der Waals surface area contributed by atoms with E-state index in [0.29, 0.717) is 24.5 Å². The number of hydrogen-bond acceptors (Lipinski definition) is 6. The molecule has 2 atom stereocenters. The molecular formula is C18H20N4O5. The molecule has 4 rings (SSSR count). The van der Waals surface area contributed by atoms with Gasteiger partial charge in [0.05, 0.1) is 19.1 Å². The van der Waals surface area contributed by atoms with E-state index >= 15 is 0 Å². The third kappa shape index (κ3) is 3.05. The minimum atomic E-state index is -0.750. The molecular weight excluding hydrogens is 352 g/mol. The number of H-pyrrole nitrogens is 1. The van der Waals surface area contributed by atoms with Crippen molar-refractivity contribution >= 4 is 12.0 Å². The van der Waals surface area contributed by atoms with Gasteiger partial charge in [-0.15, -0.1) is 0 Å². The highest BCUT2D eigenvalue weighted by molar-refractivity contribution is 5.83. The Morgan fingerprint density at radius 1 is 1.37 bits per heavy atom. The SMILES string of the molecule is COC(=O)C(C)NC(=O)N1CCc2[nH]cnc2C1c1ccc2c(c1)OCO2. The van der Waals surface area contributed by atoms with Crippen LogP contribution in [0.5, 0.6) is 11.5 Å². The predicted octanol–water partition coefficient (Wildman–Crippen LogP) is 1.36. The van der Waals surface area contributed by atoms with Crippen LogP contribution in [0, 0.1) is 0 Å². The molecule has 2 N–H and O–H groups in total. The first-order valence-electron chi connectivity index (χ1n) is 8.65. The second kappa shape index (κ2) is 6.82. The summed E-state index contributed by atoms with van der Waals surface area (Å²) in [6.45, 7) is 2.25. The number of amides is 2. The second-order valence-electron chi connectivity index (χ2n) is 6.42. The molecule has 9 nitrogen and oxygen atoms in total. The molecule has 0 saturated carbocycles. The maximum Gasteiger partial charge on any atom is 0.328 e. The number of urea groups is 1. The first kappa shape index (κ1) is 17.2. The second-order valence-corrected chi connectivity index (χ2v) is 6.42. The number of benzene rings is 1. The van der Waals surface area contributed by atoms with Crippen molar-refractivity contribution < 1.29 is 23.8 Å². The Hall–Kier alpha value is -3.23. The summed E-state index contributed by atoms with van der Waals surface area (Å²) >= 11 is 0. The van der Waals surface area contributed by atoms with Crippen LogP contribution in [0.4, 0.5) is 4.79 Å². The number of carbonyl (C=O) groups excluding carboxylic acids is 2. The fraction of sp³-hybridized carbons (Fsp3) is 0.389. The van der Waals surface area contributed by atoms with E-state index < -0.39 is 18.1 Å². The van der Waals surface area contributed by atoms with Crippen molar-refractivity contribution in [2.75, 3.05) is 20.4 Å². The number of aromatic amines is 1. The third-order valence-corrected chi connectivity index (χ3v) is 4.79. The van der Waals surface area contributed by atoms with E-state index in [-0.39, 0.29) is 12.8 Å². The lowest BCUT2D eigenvalue weighted by Crippen LogP contribution is -2.50. The number of ether oxygens (including phenoxy) is 3. The number of imidazole rings is 1. The van der Waals surface area contributed by atoms with Crippen LogP contribution in [0.15, 0.2) is 24.5 Å². The van der Waals surface area contributed by atoms with Crippen LogP contribution in [-0.2, 0) is 16.0 Å². The highest BCUT2D eigenvalue weighted by Crippen LogP contribution is 2.39. The summed E-state index contributed by atoms with van der Waals surface area (Å²) in [5.41, 5.74) is 2.62. The maximum atomic E-state index is 12.9. The van der Waals surface area contributed by atoms with Crippen molar-refractivity contribution in [2.45, 2.75) is 25.4 Å². The smallest absolute Gasteiger partial charge is 0.328 e. The Kier molecular flexibility index (Phi) is 4.35. The quantitative estimate of drug-likeness (QED) is 0.788. The summed E-state index contributed by atoms with van der Waals surface area (Å²) in [7, 11) is 1.29. The minimum Gasteiger partial charge on any atom is -0.467 e. The van der Waals surface area contributed by atoms with Gasteiger partial charge in [-0.1, -0.05) is 6.07 Å². The van der Waals surface area contributed by atoms with E-state index in [4.69, 9.17) is 9.47 Å². The zero-order valence-electron chi connectivity index (χ0n) is 15.0. The van der Waals surface area contributed by atoms with Gasteiger partial charge < -0.3 is 29.4 Å². The van der Waals surface area contributed by atoms with Crippen molar-refractivity contribution in [1.82, 2.24) is 20.2 Å². The zero-order valence-corrected chi connectivity index (χ0v) is 15.0. The Morgan fingerprint density at radius 3 is 3.00 bits per heavy atom. The molecule has 0 spiro atoms. The van der Waals surface area contributed by atoms with E-state index in [9.17, 15) is 9.59 Å². The van der Waals surface area contributed by atoms with Gasteiger partial charge >= 0.3 is 12.0 Å². The molecule has 2 aliphatic rings. The first-order chi connectivity index (χ1) is 13.1. The topological polar surface area (TPSA) is 106 Å². The number of fused-ring (bicyclic) bond motifs is 2. The summed E-state index contributed by atoms with van der Waals surface area (Å²) in [6, 6.07) is 4.07. The molecule has 2 amide bonds. The Labute approximate surface area is 155 Å². The Morgan fingerprint density at radius 2 is 2.19 bits per heavy atom. The number of nitrogens with zero attached hydrogens (tertiary/aromatic N) is 2. The molecule has 0 saturated heterocycles. The van der Waals surface area contributed by atoms with Crippen LogP contribution in [0.25, 0.3) is 0 Å². The van der Waals surface area contributed by atoms with Gasteiger partial charge in [-0.2, -0.15) is 0 Å². The summed E-state index contributed by atoms with van der Waals surface area (Å²) in [4.78, 5) is 33.8. The highest BCUT2D eigenvalue weighted by Gasteiger charge is 2.35. The van der Waals surface area contributed by atoms with Gasteiger partial charge in [0.2, 0.25) is 6.79 Å². The number of rotatable bonds is 3. The number of hydrogen-bond donors (Lipinski definition) is 2. The first-order valence-corrected chi connectivity index (χ1v) is 8.65. The average Bonchev–Trinajstić information content (AvgIpc) is 3.34. The number of esters is 1. The van der Waals surface area contributed by atoms with Gasteiger partial charge in [0, 0.05) is 18.7 Å². The van der Waals surface area contributed by atoms with Crippen LogP contribution in [0.3, 0.4) is 0 Å². The van der Waals surface area contributed by atoms with E-state index in [1.165, 1.54) is 7.11 Å². The Bertz CT molecular complexity index is 880. The van der Waals surface area contributed by atoms with Crippen molar-refractivity contribution in [2.24, 2.45) is 0 Å². The molecule has 1 aromatic carbocycles. The molecule has 0 fully saturated rings. The highest BCUT2D eigenvalue weighted by atomic mass is 16.7. The monoisotopic (exact) mass is 372 g/mol. The van der Waals surface area contributed by atoms with E-state index in [0.717, 1.165) is 17.0 Å². The van der Waals surface area contributed by atoms with Gasteiger partial charge in [0.15, 0.2) is 11.5 Å². The molecule has 27 heavy (non-hydrogen) atoms. The largest absolute Gasteiger partial charge is 0.467 e. The number of methoxy groups -OCH3 is 1. The van der Waals surface area contributed by atoms with Crippen LogP contribution in [-0.4, -0.2) is 53.4 Å². The van der Waals surface area contributed by atoms with Gasteiger partial charge in [0.1, 0.15) is 12.1 Å². The minimum absolute atomic E-state index is 0.179. The van der Waals surface area contributed by atoms with E-state index in [1.54, 1.807) is 18.2 Å². The normalized spacial score (nSPS) is 18.6. The summed E-state index contributed by atoms with van der Waals surface area (Å²) < 4.78 is 15.5. The van der Waals surface area contributed by atoms with Crippen LogP contribution in [0.2, 0.25) is 0 Å². The molecule has 2 aliphatic heterocycles. The predicted molar refractivity (Wildman–Crippen MR) is 93.4 cm³/mol. The standard InChI is InChI=1S/C18H20N4O5/c1-10(17(23)25-2)21-18(24)22-6-5-12-15(20-8-19-12)16(22)11-3-4-13-14(7-11)27-9-26-13/h3-4,7-8,10,16H,5-6,9H2,1-2H3,(H,19,20)(H,21,24). The Balaban J connectivity index is 1.66. The molecule has 0 radical (unpaired) electrons. The molecule has 2 unspecified atom stereocenters. The summed E-state index contributed by atoms with van der Waals surface area (Å²) in [5.74, 6) is 0.811. The van der Waals surface area contributed by atoms with Crippen molar-refractivity contribution in [3.05, 3.63) is 41.5 Å². The summed E-state index contributed by atoms with van der Waals surface area (Å²) in [5, 5.41) is 2.69. The van der Waals surface area contributed by atoms with Crippen molar-refractivity contribution in [1.29, 1.82) is 0 Å². The van der Waals surface area contributed by atoms with Crippen LogP contribution >= 0.6 is 0 Å². The fourth-order valence-electron chi connectivity index (χ4n) is 3.42. The molecule has 3 heterocycles. The van der Waals surface area contributed by atoms with Crippen molar-refractivity contribution in [3.8, 4) is 11.5 Å². The molecule has 0 bridgehead atoms. The molecule has 2 aromatic rings. The van der Waals surface area contributed by atoms with Gasteiger partial charge in [-0.05, 0) is 24.6 Å². The lowest BCUT2D eigenvalue weighted by Gasteiger charge is -2.35. The van der Waals surface area contributed by atoms with Gasteiger partial charge in [-0.25, -0.2) is 14.6 Å². The lowest BCUT2D eigenvalue weighted by molar-refractivity contribution is -0.142. The van der Waals surface area contributed by atoms with Gasteiger partial charge in [-0.3, -0.25) is 0 Å². The molecule has 142 valence electrons. The lowest BCUT2D eigenvalue weighted by atomic mass is 9.95. The number of carbonyl (C=O) groups is 2. The maximum absolute atomic E-state index is 12.9. The number of nitrogens with one attached hydrogen (secondary N) is 2. The molecule has 9 heteroatoms. The zero-order chi connectivity index (χ0) is 19.0. The van der Waals surface area contributed by atoms with Crippen molar-refractivity contribution in [3.63, 3.8) is 0 Å². The molecule has 1 aromatic heterocycles. The molecule has 0 aliphatic carbocycles.